The number of anilines is 1. The summed E-state index contributed by atoms with van der Waals surface area (Å²) in [7, 11) is 0. The zero-order chi connectivity index (χ0) is 20.6. The Morgan fingerprint density at radius 1 is 0.931 bits per heavy atom. The minimum absolute atomic E-state index is 0.0474. The molecule has 1 amide bonds. The van der Waals surface area contributed by atoms with E-state index in [0.717, 1.165) is 36.9 Å². The largest absolute Gasteiger partial charge is 0.324 e. The van der Waals surface area contributed by atoms with Crippen LogP contribution in [0.4, 0.5) is 5.69 Å². The molecule has 29 heavy (non-hydrogen) atoms. The summed E-state index contributed by atoms with van der Waals surface area (Å²) in [5.74, 6) is 0.0474. The number of allylic oxidation sites excluding steroid dienone is 4. The lowest BCUT2D eigenvalue weighted by Crippen LogP contribution is -2.11. The highest BCUT2D eigenvalue weighted by Gasteiger charge is 2.08. The fourth-order valence-electron chi connectivity index (χ4n) is 3.28. The van der Waals surface area contributed by atoms with Gasteiger partial charge in [0.1, 0.15) is 11.0 Å². The molecule has 2 aromatic rings. The Balaban J connectivity index is 1.44. The number of benzene rings is 1. The standard InChI is InChI=1S/C24H36N4O/c1-2-3-4-5-6-7-8-9-10-11-12-13-14-15-16-20-23(29)25-21-18-17-19-22-24(21)27-28-26-22/h6-7,9-10,17-19H,2-5,8,11-16,20H2,1H3,(H,25,29)(H,26,27,28). The summed E-state index contributed by atoms with van der Waals surface area (Å²) >= 11 is 0. The third-order valence-corrected chi connectivity index (χ3v) is 4.98. The first-order valence-electron chi connectivity index (χ1n) is 11.2. The van der Waals surface area contributed by atoms with Crippen LogP contribution in [0.15, 0.2) is 42.5 Å². The van der Waals surface area contributed by atoms with Gasteiger partial charge in [-0.25, -0.2) is 0 Å². The summed E-state index contributed by atoms with van der Waals surface area (Å²) in [4.78, 5) is 12.1. The highest BCUT2D eigenvalue weighted by molar-refractivity contribution is 5.99. The Hall–Kier alpha value is -2.43. The zero-order valence-corrected chi connectivity index (χ0v) is 17.8. The number of H-pyrrole nitrogens is 1. The number of carbonyl (C=O) groups excluding carboxylic acids is 1. The summed E-state index contributed by atoms with van der Waals surface area (Å²) in [6, 6.07) is 5.60. The SMILES string of the molecule is CCCCCC=CCC=CCCCCCCCC(=O)Nc1cccc2n[nH]nc12. The van der Waals surface area contributed by atoms with E-state index in [-0.39, 0.29) is 5.91 Å². The van der Waals surface area contributed by atoms with Crippen LogP contribution < -0.4 is 5.32 Å². The molecule has 2 N–H and O–H groups in total. The third kappa shape index (κ3) is 9.55. The Morgan fingerprint density at radius 3 is 2.45 bits per heavy atom. The summed E-state index contributed by atoms with van der Waals surface area (Å²) in [5, 5.41) is 13.7. The van der Waals surface area contributed by atoms with Gasteiger partial charge in [-0.05, 0) is 50.7 Å². The number of hydrogen-bond acceptors (Lipinski definition) is 3. The number of hydrogen-bond donors (Lipinski definition) is 2. The highest BCUT2D eigenvalue weighted by Crippen LogP contribution is 2.19. The number of aromatic amines is 1. The van der Waals surface area contributed by atoms with Gasteiger partial charge in [-0.2, -0.15) is 15.4 Å². The van der Waals surface area contributed by atoms with E-state index >= 15 is 0 Å². The van der Waals surface area contributed by atoms with Crippen molar-refractivity contribution in [1.82, 2.24) is 15.4 Å². The van der Waals surface area contributed by atoms with E-state index in [9.17, 15) is 4.79 Å². The fraction of sp³-hybridized carbons (Fsp3) is 0.542. The highest BCUT2D eigenvalue weighted by atomic mass is 16.1. The first-order chi connectivity index (χ1) is 14.3. The van der Waals surface area contributed by atoms with E-state index in [4.69, 9.17) is 0 Å². The molecule has 1 heterocycles. The molecule has 5 nitrogen and oxygen atoms in total. The lowest BCUT2D eigenvalue weighted by Gasteiger charge is -2.05. The Labute approximate surface area is 175 Å². The van der Waals surface area contributed by atoms with E-state index in [2.05, 4.69) is 52.0 Å². The van der Waals surface area contributed by atoms with Gasteiger partial charge >= 0.3 is 0 Å². The topological polar surface area (TPSA) is 70.7 Å². The Bertz CT molecular complexity index is 763. The number of nitrogens with zero attached hydrogens (tertiary/aromatic N) is 2. The lowest BCUT2D eigenvalue weighted by atomic mass is 10.1. The van der Waals surface area contributed by atoms with Gasteiger partial charge in [0.15, 0.2) is 0 Å². The van der Waals surface area contributed by atoms with Gasteiger partial charge in [-0.15, -0.1) is 0 Å². The molecule has 0 bridgehead atoms. The van der Waals surface area contributed by atoms with Gasteiger partial charge in [-0.3, -0.25) is 4.79 Å². The molecule has 0 radical (unpaired) electrons. The molecule has 158 valence electrons. The van der Waals surface area contributed by atoms with Gasteiger partial charge < -0.3 is 5.32 Å². The molecule has 1 aromatic carbocycles. The molecule has 2 rings (SSSR count). The number of amides is 1. The number of unbranched alkanes of at least 4 members (excludes halogenated alkanes) is 8. The number of nitrogens with one attached hydrogen (secondary N) is 2. The minimum Gasteiger partial charge on any atom is -0.324 e. The third-order valence-electron chi connectivity index (χ3n) is 4.98. The maximum Gasteiger partial charge on any atom is 0.224 e. The quantitative estimate of drug-likeness (QED) is 0.259. The van der Waals surface area contributed by atoms with Crippen LogP contribution in [0.5, 0.6) is 0 Å². The van der Waals surface area contributed by atoms with E-state index in [1.165, 1.54) is 44.9 Å². The monoisotopic (exact) mass is 396 g/mol. The average molecular weight is 397 g/mol. The summed E-state index contributed by atoms with van der Waals surface area (Å²) in [6.45, 7) is 2.24. The number of rotatable bonds is 15. The molecule has 0 saturated carbocycles. The summed E-state index contributed by atoms with van der Waals surface area (Å²) in [5.41, 5.74) is 2.20. The van der Waals surface area contributed by atoms with Gasteiger partial charge in [0.2, 0.25) is 5.91 Å². The minimum atomic E-state index is 0.0474. The second-order valence-electron chi connectivity index (χ2n) is 7.53. The van der Waals surface area contributed by atoms with Crippen LogP contribution in [0.2, 0.25) is 0 Å². The smallest absolute Gasteiger partial charge is 0.224 e. The van der Waals surface area contributed by atoms with Gasteiger partial charge in [0, 0.05) is 6.42 Å². The molecule has 0 aliphatic carbocycles. The van der Waals surface area contributed by atoms with Crippen LogP contribution in [0.25, 0.3) is 11.0 Å². The van der Waals surface area contributed by atoms with E-state index in [1.807, 2.05) is 18.2 Å². The van der Waals surface area contributed by atoms with Crippen molar-refractivity contribution in [3.05, 3.63) is 42.5 Å². The number of carbonyl (C=O) groups is 1. The zero-order valence-electron chi connectivity index (χ0n) is 17.8. The average Bonchev–Trinajstić information content (AvgIpc) is 3.21. The maximum absolute atomic E-state index is 12.1. The molecular weight excluding hydrogens is 360 g/mol. The van der Waals surface area contributed by atoms with Crippen LogP contribution in [-0.2, 0) is 4.79 Å². The molecule has 0 aliphatic heterocycles. The molecule has 5 heteroatoms. The predicted molar refractivity (Wildman–Crippen MR) is 122 cm³/mol. The molecule has 0 unspecified atom stereocenters. The van der Waals surface area contributed by atoms with Gasteiger partial charge in [-0.1, -0.05) is 69.4 Å². The van der Waals surface area contributed by atoms with Crippen molar-refractivity contribution in [2.24, 2.45) is 0 Å². The summed E-state index contributed by atoms with van der Waals surface area (Å²) in [6.07, 6.45) is 22.8. The maximum atomic E-state index is 12.1. The van der Waals surface area contributed by atoms with Crippen molar-refractivity contribution in [1.29, 1.82) is 0 Å². The second-order valence-corrected chi connectivity index (χ2v) is 7.53. The van der Waals surface area contributed by atoms with Crippen LogP contribution in [0.1, 0.15) is 84.0 Å². The predicted octanol–water partition coefficient (Wildman–Crippen LogP) is 6.71. The van der Waals surface area contributed by atoms with Gasteiger partial charge in [0.05, 0.1) is 5.69 Å². The molecular formula is C24H36N4O. The first-order valence-corrected chi connectivity index (χ1v) is 11.2. The molecule has 0 aliphatic rings. The second kappa shape index (κ2) is 14.6. The lowest BCUT2D eigenvalue weighted by molar-refractivity contribution is -0.116. The number of para-hydroxylation sites is 1. The normalized spacial score (nSPS) is 11.8. The van der Waals surface area contributed by atoms with Gasteiger partial charge in [0.25, 0.3) is 0 Å². The molecule has 0 atom stereocenters. The molecule has 0 spiro atoms. The van der Waals surface area contributed by atoms with Crippen molar-refractivity contribution in [2.75, 3.05) is 5.32 Å². The number of aromatic nitrogens is 3. The van der Waals surface area contributed by atoms with Crippen LogP contribution in [0.3, 0.4) is 0 Å². The summed E-state index contributed by atoms with van der Waals surface area (Å²) < 4.78 is 0. The van der Waals surface area contributed by atoms with E-state index in [1.54, 1.807) is 0 Å². The van der Waals surface area contributed by atoms with Crippen molar-refractivity contribution in [2.45, 2.75) is 84.0 Å². The van der Waals surface area contributed by atoms with Crippen molar-refractivity contribution < 1.29 is 4.79 Å². The molecule has 0 saturated heterocycles. The molecule has 0 fully saturated rings. The van der Waals surface area contributed by atoms with Crippen LogP contribution >= 0.6 is 0 Å². The first kappa shape index (κ1) is 22.9. The van der Waals surface area contributed by atoms with Crippen molar-refractivity contribution in [3.63, 3.8) is 0 Å². The van der Waals surface area contributed by atoms with Crippen molar-refractivity contribution in [3.8, 4) is 0 Å². The van der Waals surface area contributed by atoms with E-state index in [0.29, 0.717) is 11.9 Å². The Morgan fingerprint density at radius 2 is 1.66 bits per heavy atom. The van der Waals surface area contributed by atoms with Crippen LogP contribution in [0, 0.1) is 0 Å². The van der Waals surface area contributed by atoms with Crippen molar-refractivity contribution >= 4 is 22.6 Å². The Kier molecular flexibility index (Phi) is 11.5. The van der Waals surface area contributed by atoms with Crippen LogP contribution in [-0.4, -0.2) is 21.3 Å². The molecule has 1 aromatic heterocycles. The van der Waals surface area contributed by atoms with E-state index < -0.39 is 0 Å². The fourth-order valence-corrected chi connectivity index (χ4v) is 3.28. The number of fused-ring (bicyclic) bond motifs is 1.